The van der Waals surface area contributed by atoms with Gasteiger partial charge in [-0.3, -0.25) is 14.5 Å². The van der Waals surface area contributed by atoms with E-state index in [0.717, 1.165) is 44.9 Å². The predicted molar refractivity (Wildman–Crippen MR) is 141 cm³/mol. The summed E-state index contributed by atoms with van der Waals surface area (Å²) >= 11 is 0. The van der Waals surface area contributed by atoms with Gasteiger partial charge in [0.2, 0.25) is 0 Å². The Morgan fingerprint density at radius 1 is 1.16 bits per heavy atom. The third-order valence-electron chi connectivity index (χ3n) is 10.3. The molecule has 4 aliphatic rings. The standard InChI is InChI=1S/C29H44F3N3O3/c1-18(2)33-14-15-35(17-29(30,31)32)26(37)38-34-19(3)23-8-9-24-22-7-6-20-16-21(36)10-12-27(20,4)25(22)11-13-28(23,24)5/h16,18,22-25,33H,6-15,17H2,1-5H3/b34-19+/t22-,23+,24-,25-,27-,28+/m0/s1. The zero-order valence-electron chi connectivity index (χ0n) is 23.5. The van der Waals surface area contributed by atoms with Crippen LogP contribution in [0, 0.1) is 34.5 Å². The second kappa shape index (κ2) is 10.9. The minimum Gasteiger partial charge on any atom is -0.313 e. The quantitative estimate of drug-likeness (QED) is 0.227. The van der Waals surface area contributed by atoms with Crippen molar-refractivity contribution in [2.75, 3.05) is 19.6 Å². The summed E-state index contributed by atoms with van der Waals surface area (Å²) in [5.41, 5.74) is 2.18. The van der Waals surface area contributed by atoms with E-state index in [1.807, 2.05) is 26.8 Å². The summed E-state index contributed by atoms with van der Waals surface area (Å²) in [6, 6.07) is 0.0973. The maximum atomic E-state index is 13.1. The van der Waals surface area contributed by atoms with Gasteiger partial charge in [-0.15, -0.1) is 0 Å². The van der Waals surface area contributed by atoms with Crippen LogP contribution < -0.4 is 5.32 Å². The lowest BCUT2D eigenvalue weighted by atomic mass is 9.46. The van der Waals surface area contributed by atoms with E-state index in [-0.39, 0.29) is 41.7 Å². The zero-order valence-corrected chi connectivity index (χ0v) is 23.5. The molecule has 6 nitrogen and oxygen atoms in total. The molecule has 4 rings (SSSR count). The highest BCUT2D eigenvalue weighted by molar-refractivity contribution is 5.91. The highest BCUT2D eigenvalue weighted by Gasteiger charge is 2.59. The van der Waals surface area contributed by atoms with Crippen LogP contribution in [0.2, 0.25) is 0 Å². The fourth-order valence-electron chi connectivity index (χ4n) is 8.42. The van der Waals surface area contributed by atoms with Crippen LogP contribution >= 0.6 is 0 Å². The Labute approximate surface area is 224 Å². The van der Waals surface area contributed by atoms with E-state index in [4.69, 9.17) is 4.84 Å². The summed E-state index contributed by atoms with van der Waals surface area (Å²) in [5.74, 6) is 2.12. The van der Waals surface area contributed by atoms with Crippen molar-refractivity contribution in [1.29, 1.82) is 0 Å². The molecular formula is C29H44F3N3O3. The van der Waals surface area contributed by atoms with Gasteiger partial charge in [-0.05, 0) is 86.5 Å². The molecule has 1 amide bonds. The smallest absolute Gasteiger partial charge is 0.313 e. The maximum Gasteiger partial charge on any atom is 0.436 e. The first kappa shape index (κ1) is 29.1. The van der Waals surface area contributed by atoms with E-state index < -0.39 is 18.8 Å². The number of rotatable bonds is 7. The van der Waals surface area contributed by atoms with Gasteiger partial charge in [0.1, 0.15) is 6.54 Å². The van der Waals surface area contributed by atoms with Crippen LogP contribution in [0.1, 0.15) is 86.0 Å². The normalized spacial score (nSPS) is 35.3. The molecular weight excluding hydrogens is 495 g/mol. The third kappa shape index (κ3) is 5.82. The summed E-state index contributed by atoms with van der Waals surface area (Å²) in [6.45, 7) is 9.09. The lowest BCUT2D eigenvalue weighted by Crippen LogP contribution is -2.51. The first-order valence-electron chi connectivity index (χ1n) is 14.3. The van der Waals surface area contributed by atoms with Crippen LogP contribution in [-0.2, 0) is 9.63 Å². The number of alkyl halides is 3. The lowest BCUT2D eigenvalue weighted by Gasteiger charge is -2.58. The number of halogens is 3. The number of amides is 1. The van der Waals surface area contributed by atoms with E-state index in [1.54, 1.807) is 0 Å². The number of hydrogen-bond donors (Lipinski definition) is 1. The second-order valence-electron chi connectivity index (χ2n) is 12.9. The minimum absolute atomic E-state index is 0.0239. The summed E-state index contributed by atoms with van der Waals surface area (Å²) in [5, 5.41) is 7.15. The topological polar surface area (TPSA) is 71.0 Å². The van der Waals surface area contributed by atoms with Gasteiger partial charge in [0.15, 0.2) is 5.78 Å². The van der Waals surface area contributed by atoms with Crippen LogP contribution in [-0.4, -0.2) is 54.3 Å². The van der Waals surface area contributed by atoms with E-state index in [9.17, 15) is 22.8 Å². The number of carbonyl (C=O) groups is 2. The van der Waals surface area contributed by atoms with Gasteiger partial charge in [0.25, 0.3) is 0 Å². The minimum atomic E-state index is -4.52. The Bertz CT molecular complexity index is 978. The fourth-order valence-corrected chi connectivity index (χ4v) is 8.42. The van der Waals surface area contributed by atoms with Gasteiger partial charge in [0, 0.05) is 31.5 Å². The molecule has 4 aliphatic carbocycles. The highest BCUT2D eigenvalue weighted by atomic mass is 19.4. The average molecular weight is 540 g/mol. The molecule has 9 heteroatoms. The molecule has 0 aromatic heterocycles. The monoisotopic (exact) mass is 539 g/mol. The second-order valence-corrected chi connectivity index (χ2v) is 12.9. The summed E-state index contributed by atoms with van der Waals surface area (Å²) in [7, 11) is 0. The number of oxime groups is 1. The predicted octanol–water partition coefficient (Wildman–Crippen LogP) is 6.51. The molecule has 1 N–H and O–H groups in total. The molecule has 3 saturated carbocycles. The number of nitrogens with one attached hydrogen (secondary N) is 1. The van der Waals surface area contributed by atoms with Crippen molar-refractivity contribution in [3.63, 3.8) is 0 Å². The number of hydrogen-bond acceptors (Lipinski definition) is 5. The molecule has 0 saturated heterocycles. The number of allylic oxidation sites excluding steroid dienone is 1. The van der Waals surface area contributed by atoms with Crippen molar-refractivity contribution < 1.29 is 27.6 Å². The first-order valence-corrected chi connectivity index (χ1v) is 14.3. The van der Waals surface area contributed by atoms with Crippen molar-refractivity contribution in [1.82, 2.24) is 10.2 Å². The number of fused-ring (bicyclic) bond motifs is 5. The Hall–Kier alpha value is -1.90. The molecule has 0 aliphatic heterocycles. The molecule has 38 heavy (non-hydrogen) atoms. The Morgan fingerprint density at radius 2 is 1.89 bits per heavy atom. The Balaban J connectivity index is 1.44. The van der Waals surface area contributed by atoms with E-state index >= 15 is 0 Å². The van der Waals surface area contributed by atoms with Gasteiger partial charge in [-0.1, -0.05) is 38.4 Å². The van der Waals surface area contributed by atoms with Crippen LogP contribution in [0.3, 0.4) is 0 Å². The van der Waals surface area contributed by atoms with Gasteiger partial charge in [0.05, 0.1) is 5.71 Å². The van der Waals surface area contributed by atoms with Crippen molar-refractivity contribution in [2.45, 2.75) is 98.2 Å². The van der Waals surface area contributed by atoms with Crippen LogP contribution in [0.25, 0.3) is 0 Å². The summed E-state index contributed by atoms with van der Waals surface area (Å²) in [4.78, 5) is 30.5. The number of nitrogens with zero attached hydrogens (tertiary/aromatic N) is 2. The van der Waals surface area contributed by atoms with E-state index in [1.165, 1.54) is 5.57 Å². The van der Waals surface area contributed by atoms with Gasteiger partial charge in [-0.25, -0.2) is 4.79 Å². The highest BCUT2D eigenvalue weighted by Crippen LogP contribution is 2.66. The molecule has 0 radical (unpaired) electrons. The molecule has 0 heterocycles. The molecule has 214 valence electrons. The lowest BCUT2D eigenvalue weighted by molar-refractivity contribution is -0.142. The van der Waals surface area contributed by atoms with Crippen molar-refractivity contribution in [3.05, 3.63) is 11.6 Å². The maximum absolute atomic E-state index is 13.1. The molecule has 0 aromatic rings. The molecule has 0 unspecified atom stereocenters. The molecule has 3 fully saturated rings. The SMILES string of the molecule is C/C(=N\OC(=O)N(CCNC(C)C)CC(F)(F)F)[C@H]1CC[C@H]2[C@@H]3CCC4=CC(=O)CC[C@]4(C)[C@H]3CC[C@]12C. The van der Waals surface area contributed by atoms with Crippen LogP contribution in [0.5, 0.6) is 0 Å². The number of ketones is 1. The van der Waals surface area contributed by atoms with Crippen LogP contribution in [0.15, 0.2) is 16.8 Å². The fraction of sp³-hybridized carbons (Fsp3) is 0.828. The van der Waals surface area contributed by atoms with Gasteiger partial charge < -0.3 is 5.32 Å². The largest absolute Gasteiger partial charge is 0.436 e. The Morgan fingerprint density at radius 3 is 2.58 bits per heavy atom. The third-order valence-corrected chi connectivity index (χ3v) is 10.3. The summed E-state index contributed by atoms with van der Waals surface area (Å²) < 4.78 is 39.3. The Kier molecular flexibility index (Phi) is 8.37. The van der Waals surface area contributed by atoms with Gasteiger partial charge in [-0.2, -0.15) is 13.2 Å². The van der Waals surface area contributed by atoms with Crippen molar-refractivity contribution in [3.8, 4) is 0 Å². The molecule has 6 atom stereocenters. The first-order chi connectivity index (χ1) is 17.7. The van der Waals surface area contributed by atoms with E-state index in [2.05, 4.69) is 24.3 Å². The van der Waals surface area contributed by atoms with Crippen LogP contribution in [0.4, 0.5) is 18.0 Å². The molecule has 0 spiro atoms. The average Bonchev–Trinajstić information content (AvgIpc) is 3.18. The number of carbonyl (C=O) groups excluding carboxylic acids is 2. The van der Waals surface area contributed by atoms with Gasteiger partial charge >= 0.3 is 12.3 Å². The molecule has 0 aromatic carbocycles. The summed E-state index contributed by atoms with van der Waals surface area (Å²) in [6.07, 6.45) is 4.20. The zero-order chi connectivity index (χ0) is 27.9. The molecule has 0 bridgehead atoms. The van der Waals surface area contributed by atoms with E-state index in [0.29, 0.717) is 34.8 Å². The van der Waals surface area contributed by atoms with Crippen molar-refractivity contribution in [2.24, 2.45) is 39.7 Å². The van der Waals surface area contributed by atoms with Crippen molar-refractivity contribution >= 4 is 17.6 Å².